The van der Waals surface area contributed by atoms with Gasteiger partial charge in [-0.05, 0) is 24.1 Å². The molecule has 2 aromatic rings. The number of rotatable bonds is 2. The number of benzene rings is 1. The highest BCUT2D eigenvalue weighted by Crippen LogP contribution is 2.23. The van der Waals surface area contributed by atoms with Crippen molar-refractivity contribution in [3.63, 3.8) is 0 Å². The van der Waals surface area contributed by atoms with Crippen LogP contribution in [-0.4, -0.2) is 15.3 Å². The second-order valence-corrected chi connectivity index (χ2v) is 3.43. The van der Waals surface area contributed by atoms with Crippen molar-refractivity contribution < 1.29 is 5.11 Å². The summed E-state index contributed by atoms with van der Waals surface area (Å²) in [5.41, 5.74) is 2.74. The van der Waals surface area contributed by atoms with Crippen LogP contribution in [0.1, 0.15) is 22.8 Å². The average molecular weight is 200 g/mol. The summed E-state index contributed by atoms with van der Waals surface area (Å²) < 4.78 is 0. The van der Waals surface area contributed by atoms with Crippen LogP contribution < -0.4 is 0 Å². The van der Waals surface area contributed by atoms with E-state index in [0.29, 0.717) is 0 Å². The Bertz CT molecular complexity index is 442. The molecule has 3 nitrogen and oxygen atoms in total. The monoisotopic (exact) mass is 200 g/mol. The molecule has 0 bridgehead atoms. The first-order valence-electron chi connectivity index (χ1n) is 4.79. The summed E-state index contributed by atoms with van der Waals surface area (Å²) >= 11 is 0. The Labute approximate surface area is 88.4 Å². The van der Waals surface area contributed by atoms with E-state index in [-0.39, 0.29) is 0 Å². The van der Waals surface area contributed by atoms with E-state index in [0.717, 1.165) is 16.7 Å². The molecule has 0 spiro atoms. The van der Waals surface area contributed by atoms with Crippen molar-refractivity contribution in [2.75, 3.05) is 0 Å². The van der Waals surface area contributed by atoms with Gasteiger partial charge in [-0.2, -0.15) is 10.2 Å². The van der Waals surface area contributed by atoms with E-state index in [1.165, 1.54) is 0 Å². The van der Waals surface area contributed by atoms with Gasteiger partial charge >= 0.3 is 0 Å². The van der Waals surface area contributed by atoms with Gasteiger partial charge in [-0.25, -0.2) is 0 Å². The van der Waals surface area contributed by atoms with E-state index in [9.17, 15) is 5.11 Å². The standard InChI is InChI=1S/C12H12N2O/c1-9-4-2-3-5-11(9)12(15)10-6-7-13-14-8-10/h2-8,12,15H,1H3. The third-order valence-corrected chi connectivity index (χ3v) is 2.41. The highest BCUT2D eigenvalue weighted by molar-refractivity contribution is 5.33. The van der Waals surface area contributed by atoms with Gasteiger partial charge in [0, 0.05) is 11.8 Å². The largest absolute Gasteiger partial charge is 0.384 e. The average Bonchev–Trinajstić information content (AvgIpc) is 2.30. The molecule has 0 amide bonds. The number of hydrogen-bond acceptors (Lipinski definition) is 3. The van der Waals surface area contributed by atoms with Crippen LogP contribution >= 0.6 is 0 Å². The van der Waals surface area contributed by atoms with E-state index in [4.69, 9.17) is 0 Å². The van der Waals surface area contributed by atoms with Gasteiger partial charge in [0.15, 0.2) is 0 Å². The molecule has 2 rings (SSSR count). The molecule has 0 aliphatic rings. The number of hydrogen-bond donors (Lipinski definition) is 1. The second-order valence-electron chi connectivity index (χ2n) is 3.43. The van der Waals surface area contributed by atoms with Crippen LogP contribution in [0.4, 0.5) is 0 Å². The molecule has 1 atom stereocenters. The third-order valence-electron chi connectivity index (χ3n) is 2.41. The minimum atomic E-state index is -0.623. The predicted octanol–water partition coefficient (Wildman–Crippen LogP) is 1.87. The number of nitrogens with zero attached hydrogens (tertiary/aromatic N) is 2. The minimum absolute atomic E-state index is 0.623. The van der Waals surface area contributed by atoms with E-state index >= 15 is 0 Å². The maximum Gasteiger partial charge on any atom is 0.106 e. The van der Waals surface area contributed by atoms with Crippen molar-refractivity contribution >= 4 is 0 Å². The minimum Gasteiger partial charge on any atom is -0.384 e. The maximum atomic E-state index is 10.1. The predicted molar refractivity (Wildman–Crippen MR) is 57.3 cm³/mol. The van der Waals surface area contributed by atoms with Crippen LogP contribution in [0.15, 0.2) is 42.7 Å². The summed E-state index contributed by atoms with van der Waals surface area (Å²) in [5, 5.41) is 17.5. The summed E-state index contributed by atoms with van der Waals surface area (Å²) in [6.07, 6.45) is 2.54. The molecule has 0 aliphatic carbocycles. The quantitative estimate of drug-likeness (QED) is 0.804. The Morgan fingerprint density at radius 1 is 1.13 bits per heavy atom. The van der Waals surface area contributed by atoms with Crippen LogP contribution in [0.3, 0.4) is 0 Å². The molecule has 1 aromatic heterocycles. The van der Waals surface area contributed by atoms with Crippen molar-refractivity contribution in [2.24, 2.45) is 0 Å². The van der Waals surface area contributed by atoms with Gasteiger partial charge in [0.25, 0.3) is 0 Å². The summed E-state index contributed by atoms with van der Waals surface area (Å²) in [6, 6.07) is 9.54. The smallest absolute Gasteiger partial charge is 0.106 e. The lowest BCUT2D eigenvalue weighted by atomic mass is 9.99. The zero-order chi connectivity index (χ0) is 10.7. The molecule has 0 aliphatic heterocycles. The molecule has 1 N–H and O–H groups in total. The van der Waals surface area contributed by atoms with Crippen molar-refractivity contribution in [3.05, 3.63) is 59.4 Å². The zero-order valence-corrected chi connectivity index (χ0v) is 8.46. The Balaban J connectivity index is 2.37. The number of aliphatic hydroxyl groups is 1. The van der Waals surface area contributed by atoms with Gasteiger partial charge in [0.2, 0.25) is 0 Å². The van der Waals surface area contributed by atoms with Crippen LogP contribution in [-0.2, 0) is 0 Å². The maximum absolute atomic E-state index is 10.1. The molecule has 76 valence electrons. The molecular formula is C12H12N2O. The van der Waals surface area contributed by atoms with Crippen LogP contribution in [0.2, 0.25) is 0 Å². The van der Waals surface area contributed by atoms with E-state index in [1.54, 1.807) is 18.5 Å². The van der Waals surface area contributed by atoms with Crippen LogP contribution in [0.5, 0.6) is 0 Å². The molecule has 0 saturated heterocycles. The topological polar surface area (TPSA) is 46.0 Å². The fourth-order valence-electron chi connectivity index (χ4n) is 1.54. The van der Waals surface area contributed by atoms with Gasteiger partial charge in [-0.15, -0.1) is 0 Å². The van der Waals surface area contributed by atoms with Crippen molar-refractivity contribution in [3.8, 4) is 0 Å². The highest BCUT2D eigenvalue weighted by atomic mass is 16.3. The van der Waals surface area contributed by atoms with E-state index in [1.807, 2.05) is 31.2 Å². The molecule has 1 heterocycles. The third kappa shape index (κ3) is 2.02. The van der Waals surface area contributed by atoms with Crippen molar-refractivity contribution in [1.82, 2.24) is 10.2 Å². The second kappa shape index (κ2) is 4.19. The van der Waals surface area contributed by atoms with Crippen LogP contribution in [0, 0.1) is 6.92 Å². The lowest BCUT2D eigenvalue weighted by molar-refractivity contribution is 0.219. The normalized spacial score (nSPS) is 12.4. The highest BCUT2D eigenvalue weighted by Gasteiger charge is 2.11. The molecule has 0 fully saturated rings. The van der Waals surface area contributed by atoms with Gasteiger partial charge in [-0.3, -0.25) is 0 Å². The Morgan fingerprint density at radius 2 is 1.93 bits per heavy atom. The van der Waals surface area contributed by atoms with E-state index < -0.39 is 6.10 Å². The molecule has 1 unspecified atom stereocenters. The lowest BCUT2D eigenvalue weighted by Gasteiger charge is -2.12. The first-order chi connectivity index (χ1) is 7.29. The van der Waals surface area contributed by atoms with Gasteiger partial charge in [-0.1, -0.05) is 24.3 Å². The fraction of sp³-hybridized carbons (Fsp3) is 0.167. The Kier molecular flexibility index (Phi) is 2.74. The number of aromatic nitrogens is 2. The fourth-order valence-corrected chi connectivity index (χ4v) is 1.54. The molecular weight excluding hydrogens is 188 g/mol. The number of aliphatic hydroxyl groups excluding tert-OH is 1. The molecule has 3 heteroatoms. The summed E-state index contributed by atoms with van der Waals surface area (Å²) in [6.45, 7) is 1.98. The number of aryl methyl sites for hydroxylation is 1. The van der Waals surface area contributed by atoms with Crippen LogP contribution in [0.25, 0.3) is 0 Å². The first-order valence-corrected chi connectivity index (χ1v) is 4.79. The zero-order valence-electron chi connectivity index (χ0n) is 8.46. The molecule has 1 aromatic carbocycles. The van der Waals surface area contributed by atoms with Crippen molar-refractivity contribution in [1.29, 1.82) is 0 Å². The van der Waals surface area contributed by atoms with Gasteiger partial charge < -0.3 is 5.11 Å². The first kappa shape index (κ1) is 9.80. The van der Waals surface area contributed by atoms with Crippen molar-refractivity contribution in [2.45, 2.75) is 13.0 Å². The van der Waals surface area contributed by atoms with Gasteiger partial charge in [0.1, 0.15) is 6.10 Å². The van der Waals surface area contributed by atoms with Gasteiger partial charge in [0.05, 0.1) is 6.20 Å². The Morgan fingerprint density at radius 3 is 2.60 bits per heavy atom. The lowest BCUT2D eigenvalue weighted by Crippen LogP contribution is -2.02. The SMILES string of the molecule is Cc1ccccc1C(O)c1ccnnc1. The van der Waals surface area contributed by atoms with E-state index in [2.05, 4.69) is 10.2 Å². The molecule has 15 heavy (non-hydrogen) atoms. The summed E-state index contributed by atoms with van der Waals surface area (Å²) in [7, 11) is 0. The summed E-state index contributed by atoms with van der Waals surface area (Å²) in [5.74, 6) is 0. The molecule has 0 radical (unpaired) electrons. The Hall–Kier alpha value is -1.74. The molecule has 0 saturated carbocycles. The summed E-state index contributed by atoms with van der Waals surface area (Å²) in [4.78, 5) is 0.